The van der Waals surface area contributed by atoms with Crippen LogP contribution >= 0.6 is 0 Å². The van der Waals surface area contributed by atoms with Crippen molar-refractivity contribution in [3.8, 4) is 5.69 Å². The summed E-state index contributed by atoms with van der Waals surface area (Å²) in [6.07, 6.45) is -0.749. The average Bonchev–Trinajstić information content (AvgIpc) is 2.93. The third-order valence-electron chi connectivity index (χ3n) is 4.57. The van der Waals surface area contributed by atoms with Crippen molar-refractivity contribution in [2.24, 2.45) is 5.73 Å². The molecule has 1 aromatic heterocycles. The number of carbonyl (C=O) groups excluding carboxylic acids is 2. The van der Waals surface area contributed by atoms with Crippen LogP contribution in [-0.4, -0.2) is 47.1 Å². The van der Waals surface area contributed by atoms with E-state index in [0.29, 0.717) is 18.7 Å². The van der Waals surface area contributed by atoms with Crippen LogP contribution in [0, 0.1) is 20.8 Å². The van der Waals surface area contributed by atoms with Crippen LogP contribution in [0.15, 0.2) is 30.3 Å². The van der Waals surface area contributed by atoms with Gasteiger partial charge < -0.3 is 19.9 Å². The summed E-state index contributed by atoms with van der Waals surface area (Å²) in [6.45, 7) is 6.92. The van der Waals surface area contributed by atoms with Crippen LogP contribution in [-0.2, 0) is 9.53 Å². The van der Waals surface area contributed by atoms with Crippen molar-refractivity contribution in [1.82, 2.24) is 9.47 Å². The van der Waals surface area contributed by atoms with E-state index in [0.717, 1.165) is 22.6 Å². The monoisotopic (exact) mass is 341 g/mol. The second kappa shape index (κ2) is 6.72. The molecule has 0 radical (unpaired) electrons. The number of morpholine rings is 1. The fraction of sp³-hybridized carbons (Fsp3) is 0.368. The van der Waals surface area contributed by atoms with Gasteiger partial charge in [-0.05, 0) is 45.0 Å². The molecule has 25 heavy (non-hydrogen) atoms. The summed E-state index contributed by atoms with van der Waals surface area (Å²) in [5, 5.41) is 0. The molecule has 0 saturated carbocycles. The van der Waals surface area contributed by atoms with Gasteiger partial charge in [-0.2, -0.15) is 0 Å². The largest absolute Gasteiger partial charge is 0.367 e. The molecule has 1 aromatic carbocycles. The lowest BCUT2D eigenvalue weighted by Gasteiger charge is -2.32. The highest BCUT2D eigenvalue weighted by Gasteiger charge is 2.29. The van der Waals surface area contributed by atoms with Gasteiger partial charge in [-0.25, -0.2) is 0 Å². The van der Waals surface area contributed by atoms with Gasteiger partial charge in [0.2, 0.25) is 5.91 Å². The highest BCUT2D eigenvalue weighted by molar-refractivity contribution is 5.98. The van der Waals surface area contributed by atoms with E-state index in [-0.39, 0.29) is 12.5 Å². The number of amides is 2. The molecule has 0 bridgehead atoms. The number of hydrogen-bond donors (Lipinski definition) is 1. The maximum absolute atomic E-state index is 13.2. The Hall–Kier alpha value is -2.60. The molecule has 2 aromatic rings. The van der Waals surface area contributed by atoms with Gasteiger partial charge in [0.25, 0.3) is 5.91 Å². The number of aryl methyl sites for hydroxylation is 3. The lowest BCUT2D eigenvalue weighted by molar-refractivity contribution is -0.133. The van der Waals surface area contributed by atoms with Crippen LogP contribution < -0.4 is 5.73 Å². The van der Waals surface area contributed by atoms with Gasteiger partial charge in [0.05, 0.1) is 24.4 Å². The van der Waals surface area contributed by atoms with Gasteiger partial charge in [-0.3, -0.25) is 9.59 Å². The summed E-state index contributed by atoms with van der Waals surface area (Å²) in [7, 11) is 0. The molecule has 1 aliphatic heterocycles. The molecule has 132 valence electrons. The zero-order valence-electron chi connectivity index (χ0n) is 14.8. The van der Waals surface area contributed by atoms with Crippen molar-refractivity contribution < 1.29 is 14.3 Å². The fourth-order valence-corrected chi connectivity index (χ4v) is 3.24. The zero-order chi connectivity index (χ0) is 18.1. The van der Waals surface area contributed by atoms with Crippen LogP contribution in [0.5, 0.6) is 0 Å². The minimum atomic E-state index is -0.749. The molecule has 2 heterocycles. The van der Waals surface area contributed by atoms with Gasteiger partial charge in [0.15, 0.2) is 6.10 Å². The average molecular weight is 341 g/mol. The molecule has 2 N–H and O–H groups in total. The predicted molar refractivity (Wildman–Crippen MR) is 94.8 cm³/mol. The SMILES string of the molecule is Cc1ccc(-n2c(C)ccc2C)c(C(=O)N2CCO[C@H](C(N)=O)C2)c1. The number of nitrogens with two attached hydrogens (primary N) is 1. The Labute approximate surface area is 147 Å². The molecule has 1 atom stereocenters. The molecular weight excluding hydrogens is 318 g/mol. The number of benzene rings is 1. The molecule has 1 saturated heterocycles. The Morgan fingerprint density at radius 3 is 2.44 bits per heavy atom. The first kappa shape index (κ1) is 17.2. The lowest BCUT2D eigenvalue weighted by atomic mass is 10.1. The summed E-state index contributed by atoms with van der Waals surface area (Å²) < 4.78 is 7.41. The van der Waals surface area contributed by atoms with E-state index in [1.54, 1.807) is 4.90 Å². The van der Waals surface area contributed by atoms with E-state index >= 15 is 0 Å². The van der Waals surface area contributed by atoms with Crippen LogP contribution in [0.1, 0.15) is 27.3 Å². The predicted octanol–water partition coefficient (Wildman–Crippen LogP) is 1.73. The summed E-state index contributed by atoms with van der Waals surface area (Å²) in [5.74, 6) is -0.653. The van der Waals surface area contributed by atoms with Gasteiger partial charge >= 0.3 is 0 Å². The van der Waals surface area contributed by atoms with Crippen LogP contribution in [0.25, 0.3) is 5.69 Å². The normalized spacial score (nSPS) is 17.6. The molecule has 2 amide bonds. The standard InChI is InChI=1S/C19H23N3O3/c1-12-4-7-16(22-13(2)5-6-14(22)3)15(10-12)19(24)21-8-9-25-17(11-21)18(20)23/h4-7,10,17H,8-9,11H2,1-3H3,(H2,20,23)/t17-/m0/s1. The van der Waals surface area contributed by atoms with Crippen molar-refractivity contribution in [3.05, 3.63) is 52.8 Å². The molecule has 1 aliphatic rings. The number of primary amides is 1. The first-order valence-electron chi connectivity index (χ1n) is 8.34. The highest BCUT2D eigenvalue weighted by Crippen LogP contribution is 2.23. The van der Waals surface area contributed by atoms with Gasteiger partial charge in [-0.1, -0.05) is 11.6 Å². The molecule has 0 spiro atoms. The Bertz CT molecular complexity index is 806. The van der Waals surface area contributed by atoms with Crippen molar-refractivity contribution >= 4 is 11.8 Å². The number of aromatic nitrogens is 1. The van der Waals surface area contributed by atoms with Crippen LogP contribution in [0.3, 0.4) is 0 Å². The van der Waals surface area contributed by atoms with E-state index in [2.05, 4.69) is 4.57 Å². The number of ether oxygens (including phenoxy) is 1. The molecular formula is C19H23N3O3. The fourth-order valence-electron chi connectivity index (χ4n) is 3.24. The second-order valence-electron chi connectivity index (χ2n) is 6.49. The maximum Gasteiger partial charge on any atom is 0.256 e. The van der Waals surface area contributed by atoms with E-state index in [9.17, 15) is 9.59 Å². The molecule has 0 aliphatic carbocycles. The van der Waals surface area contributed by atoms with E-state index < -0.39 is 12.0 Å². The first-order valence-corrected chi connectivity index (χ1v) is 8.34. The van der Waals surface area contributed by atoms with Crippen LogP contribution in [0.4, 0.5) is 0 Å². The Balaban J connectivity index is 2.00. The summed E-state index contributed by atoms with van der Waals surface area (Å²) in [4.78, 5) is 26.2. The smallest absolute Gasteiger partial charge is 0.256 e. The summed E-state index contributed by atoms with van der Waals surface area (Å²) >= 11 is 0. The van der Waals surface area contributed by atoms with Crippen molar-refractivity contribution in [2.75, 3.05) is 19.7 Å². The lowest BCUT2D eigenvalue weighted by Crippen LogP contribution is -2.50. The zero-order valence-corrected chi connectivity index (χ0v) is 14.8. The minimum absolute atomic E-state index is 0.110. The number of hydrogen-bond acceptors (Lipinski definition) is 3. The number of nitrogens with zero attached hydrogens (tertiary/aromatic N) is 2. The molecule has 1 fully saturated rings. The Morgan fingerprint density at radius 1 is 1.12 bits per heavy atom. The molecule has 3 rings (SSSR count). The minimum Gasteiger partial charge on any atom is -0.367 e. The maximum atomic E-state index is 13.2. The summed E-state index contributed by atoms with van der Waals surface area (Å²) in [6, 6.07) is 9.92. The number of carbonyl (C=O) groups is 2. The highest BCUT2D eigenvalue weighted by atomic mass is 16.5. The van der Waals surface area contributed by atoms with E-state index in [4.69, 9.17) is 10.5 Å². The van der Waals surface area contributed by atoms with E-state index in [1.165, 1.54) is 0 Å². The third-order valence-corrected chi connectivity index (χ3v) is 4.57. The third kappa shape index (κ3) is 3.30. The molecule has 0 unspecified atom stereocenters. The Kier molecular flexibility index (Phi) is 4.63. The molecule has 6 heteroatoms. The Morgan fingerprint density at radius 2 is 1.80 bits per heavy atom. The number of rotatable bonds is 3. The second-order valence-corrected chi connectivity index (χ2v) is 6.49. The quantitative estimate of drug-likeness (QED) is 0.923. The topological polar surface area (TPSA) is 77.6 Å². The van der Waals surface area contributed by atoms with E-state index in [1.807, 2.05) is 51.1 Å². The van der Waals surface area contributed by atoms with Crippen LogP contribution in [0.2, 0.25) is 0 Å². The van der Waals surface area contributed by atoms with Crippen molar-refractivity contribution in [3.63, 3.8) is 0 Å². The first-order chi connectivity index (χ1) is 11.9. The van der Waals surface area contributed by atoms with Crippen molar-refractivity contribution in [2.45, 2.75) is 26.9 Å². The molecule has 6 nitrogen and oxygen atoms in total. The summed E-state index contributed by atoms with van der Waals surface area (Å²) in [5.41, 5.74) is 9.93. The van der Waals surface area contributed by atoms with Gasteiger partial charge in [0.1, 0.15) is 0 Å². The van der Waals surface area contributed by atoms with Crippen molar-refractivity contribution in [1.29, 1.82) is 0 Å². The van der Waals surface area contributed by atoms with Gasteiger partial charge in [-0.15, -0.1) is 0 Å². The van der Waals surface area contributed by atoms with Gasteiger partial charge in [0, 0.05) is 17.9 Å².